The van der Waals surface area contributed by atoms with Crippen LogP contribution in [0.25, 0.3) is 11.3 Å². The highest BCUT2D eigenvalue weighted by atomic mass is 35.5. The van der Waals surface area contributed by atoms with Crippen molar-refractivity contribution in [2.45, 2.75) is 52.2 Å². The molecule has 2 aromatic rings. The van der Waals surface area contributed by atoms with Crippen LogP contribution >= 0.6 is 11.6 Å². The molecule has 0 spiro atoms. The van der Waals surface area contributed by atoms with E-state index in [-0.39, 0.29) is 12.1 Å². The number of aromatic amines is 1. The van der Waals surface area contributed by atoms with Crippen molar-refractivity contribution >= 4 is 17.7 Å². The largest absolute Gasteiger partial charge is 0.444 e. The first-order chi connectivity index (χ1) is 11.8. The maximum atomic E-state index is 12.5. The Hall–Kier alpha value is -2.01. The standard InChI is InChI=1S/C19H24ClN3O2/c1-12-13(7-5-8-14(12)20)15-11-16(22-21-15)17-9-6-10-23(17)18(24)25-19(2,3)4/h5,7-8,11,17H,6,9-10H2,1-4H3,(H,21,22)/t17-/m0/s1. The second-order valence-corrected chi connectivity index (χ2v) is 7.86. The topological polar surface area (TPSA) is 58.2 Å². The van der Waals surface area contributed by atoms with Crippen LogP contribution in [0.4, 0.5) is 4.79 Å². The summed E-state index contributed by atoms with van der Waals surface area (Å²) in [6, 6.07) is 7.76. The van der Waals surface area contributed by atoms with E-state index in [1.54, 1.807) is 4.90 Å². The van der Waals surface area contributed by atoms with Gasteiger partial charge >= 0.3 is 6.09 Å². The summed E-state index contributed by atoms with van der Waals surface area (Å²) in [6.45, 7) is 8.32. The van der Waals surface area contributed by atoms with Crippen LogP contribution < -0.4 is 0 Å². The van der Waals surface area contributed by atoms with E-state index in [4.69, 9.17) is 16.3 Å². The molecule has 0 saturated carbocycles. The van der Waals surface area contributed by atoms with Gasteiger partial charge in [-0.2, -0.15) is 5.10 Å². The van der Waals surface area contributed by atoms with E-state index in [2.05, 4.69) is 10.2 Å². The molecule has 0 bridgehead atoms. The lowest BCUT2D eigenvalue weighted by atomic mass is 10.0. The van der Waals surface area contributed by atoms with E-state index in [1.807, 2.05) is 52.0 Å². The van der Waals surface area contributed by atoms with E-state index >= 15 is 0 Å². The Morgan fingerprint density at radius 1 is 1.40 bits per heavy atom. The van der Waals surface area contributed by atoms with Crippen molar-refractivity contribution in [3.8, 4) is 11.3 Å². The highest BCUT2D eigenvalue weighted by Gasteiger charge is 2.34. The smallest absolute Gasteiger partial charge is 0.410 e. The fraction of sp³-hybridized carbons (Fsp3) is 0.474. The van der Waals surface area contributed by atoms with Crippen molar-refractivity contribution < 1.29 is 9.53 Å². The van der Waals surface area contributed by atoms with Crippen molar-refractivity contribution in [1.82, 2.24) is 15.1 Å². The zero-order valence-electron chi connectivity index (χ0n) is 15.1. The lowest BCUT2D eigenvalue weighted by Crippen LogP contribution is -2.36. The maximum absolute atomic E-state index is 12.5. The van der Waals surface area contributed by atoms with E-state index in [9.17, 15) is 4.79 Å². The van der Waals surface area contributed by atoms with Gasteiger partial charge in [-0.1, -0.05) is 23.7 Å². The summed E-state index contributed by atoms with van der Waals surface area (Å²) in [6.07, 6.45) is 1.58. The van der Waals surface area contributed by atoms with E-state index in [1.165, 1.54) is 0 Å². The molecule has 2 heterocycles. The van der Waals surface area contributed by atoms with Crippen LogP contribution in [-0.4, -0.2) is 33.3 Å². The van der Waals surface area contributed by atoms with E-state index in [0.717, 1.165) is 40.4 Å². The molecule has 1 aliphatic rings. The van der Waals surface area contributed by atoms with Crippen molar-refractivity contribution in [3.05, 3.63) is 40.5 Å². The lowest BCUT2D eigenvalue weighted by molar-refractivity contribution is 0.0221. The highest BCUT2D eigenvalue weighted by molar-refractivity contribution is 6.31. The lowest BCUT2D eigenvalue weighted by Gasteiger charge is -2.28. The van der Waals surface area contributed by atoms with Gasteiger partial charge in [-0.3, -0.25) is 10.00 Å². The number of likely N-dealkylation sites (tertiary alicyclic amines) is 1. The number of ether oxygens (including phenoxy) is 1. The minimum absolute atomic E-state index is 0.0319. The number of nitrogens with zero attached hydrogens (tertiary/aromatic N) is 2. The van der Waals surface area contributed by atoms with Gasteiger partial charge in [0.05, 0.1) is 17.4 Å². The van der Waals surface area contributed by atoms with Crippen LogP contribution in [0.15, 0.2) is 24.3 Å². The number of amides is 1. The van der Waals surface area contributed by atoms with E-state index < -0.39 is 5.60 Å². The molecule has 5 nitrogen and oxygen atoms in total. The summed E-state index contributed by atoms with van der Waals surface area (Å²) in [7, 11) is 0. The normalized spacial score (nSPS) is 17.8. The summed E-state index contributed by atoms with van der Waals surface area (Å²) < 4.78 is 5.53. The number of carbonyl (C=O) groups is 1. The molecular formula is C19H24ClN3O2. The van der Waals surface area contributed by atoms with Crippen molar-refractivity contribution in [1.29, 1.82) is 0 Å². The Morgan fingerprint density at radius 2 is 2.16 bits per heavy atom. The van der Waals surface area contributed by atoms with Gasteiger partial charge in [-0.15, -0.1) is 0 Å². The third kappa shape index (κ3) is 3.82. The van der Waals surface area contributed by atoms with Crippen molar-refractivity contribution in [3.63, 3.8) is 0 Å². The van der Waals surface area contributed by atoms with Gasteiger partial charge in [0.25, 0.3) is 0 Å². The van der Waals surface area contributed by atoms with E-state index in [0.29, 0.717) is 6.54 Å². The maximum Gasteiger partial charge on any atom is 0.410 e. The first-order valence-electron chi connectivity index (χ1n) is 8.56. The highest BCUT2D eigenvalue weighted by Crippen LogP contribution is 2.35. The molecule has 1 fully saturated rings. The third-order valence-electron chi connectivity index (χ3n) is 4.38. The summed E-state index contributed by atoms with van der Waals surface area (Å²) in [5.41, 5.74) is 3.26. The number of hydrogen-bond acceptors (Lipinski definition) is 3. The van der Waals surface area contributed by atoms with Gasteiger partial charge in [-0.25, -0.2) is 4.79 Å². The Labute approximate surface area is 153 Å². The molecule has 1 aromatic heterocycles. The van der Waals surface area contributed by atoms with Gasteiger partial charge in [0, 0.05) is 17.1 Å². The predicted octanol–water partition coefficient (Wildman–Crippen LogP) is 5.11. The minimum Gasteiger partial charge on any atom is -0.444 e. The summed E-state index contributed by atoms with van der Waals surface area (Å²) in [5, 5.41) is 8.26. The number of rotatable bonds is 2. The molecule has 3 rings (SSSR count). The second-order valence-electron chi connectivity index (χ2n) is 7.45. The van der Waals surface area contributed by atoms with Gasteiger partial charge in [0.2, 0.25) is 0 Å². The molecule has 1 saturated heterocycles. The van der Waals surface area contributed by atoms with Crippen LogP contribution in [0.2, 0.25) is 5.02 Å². The van der Waals surface area contributed by atoms with Crippen LogP contribution in [-0.2, 0) is 4.74 Å². The predicted molar refractivity (Wildman–Crippen MR) is 98.7 cm³/mol. The van der Waals surface area contributed by atoms with Crippen LogP contribution in [0, 0.1) is 6.92 Å². The fourth-order valence-electron chi connectivity index (χ4n) is 3.16. The number of nitrogens with one attached hydrogen (secondary N) is 1. The molecular weight excluding hydrogens is 338 g/mol. The zero-order valence-corrected chi connectivity index (χ0v) is 15.9. The Kier molecular flexibility index (Phi) is 4.78. The SMILES string of the molecule is Cc1c(Cl)cccc1-c1cc([C@@H]2CCCN2C(=O)OC(C)(C)C)[nH]n1. The summed E-state index contributed by atoms with van der Waals surface area (Å²) in [4.78, 5) is 14.3. The van der Waals surface area contributed by atoms with Crippen molar-refractivity contribution in [2.24, 2.45) is 0 Å². The molecule has 1 aromatic carbocycles. The number of H-pyrrole nitrogens is 1. The number of halogens is 1. The molecule has 0 aliphatic carbocycles. The molecule has 6 heteroatoms. The molecule has 25 heavy (non-hydrogen) atoms. The average Bonchev–Trinajstić information content (AvgIpc) is 3.16. The Balaban J connectivity index is 1.84. The molecule has 0 radical (unpaired) electrons. The average molecular weight is 362 g/mol. The first kappa shape index (κ1) is 17.8. The second kappa shape index (κ2) is 6.71. The van der Waals surface area contributed by atoms with Crippen LogP contribution in [0.5, 0.6) is 0 Å². The monoisotopic (exact) mass is 361 g/mol. The quantitative estimate of drug-likeness (QED) is 0.808. The Bertz CT molecular complexity index is 779. The fourth-order valence-corrected chi connectivity index (χ4v) is 3.33. The zero-order chi connectivity index (χ0) is 18.2. The van der Waals surface area contributed by atoms with Gasteiger partial charge < -0.3 is 4.74 Å². The number of benzene rings is 1. The number of hydrogen-bond donors (Lipinski definition) is 1. The summed E-state index contributed by atoms with van der Waals surface area (Å²) in [5.74, 6) is 0. The van der Waals surface area contributed by atoms with Crippen LogP contribution in [0.3, 0.4) is 0 Å². The molecule has 0 unspecified atom stereocenters. The first-order valence-corrected chi connectivity index (χ1v) is 8.94. The van der Waals surface area contributed by atoms with Crippen molar-refractivity contribution in [2.75, 3.05) is 6.54 Å². The van der Waals surface area contributed by atoms with Gasteiger partial charge in [0.15, 0.2) is 0 Å². The molecule has 1 atom stereocenters. The molecule has 1 N–H and O–H groups in total. The van der Waals surface area contributed by atoms with Gasteiger partial charge in [0.1, 0.15) is 5.60 Å². The van der Waals surface area contributed by atoms with Crippen LogP contribution in [0.1, 0.15) is 50.9 Å². The number of carbonyl (C=O) groups excluding carboxylic acids is 1. The third-order valence-corrected chi connectivity index (χ3v) is 4.79. The minimum atomic E-state index is -0.499. The number of aromatic nitrogens is 2. The Morgan fingerprint density at radius 3 is 2.88 bits per heavy atom. The molecule has 1 aliphatic heterocycles. The molecule has 1 amide bonds. The van der Waals surface area contributed by atoms with Gasteiger partial charge in [-0.05, 0) is 58.2 Å². The molecule has 134 valence electrons. The summed E-state index contributed by atoms with van der Waals surface area (Å²) >= 11 is 6.22.